The van der Waals surface area contributed by atoms with E-state index in [1.54, 1.807) is 20.8 Å². The number of nitrogens with one attached hydrogen (secondary N) is 2. The molecule has 0 aliphatic heterocycles. The van der Waals surface area contributed by atoms with Crippen LogP contribution in [0.5, 0.6) is 0 Å². The summed E-state index contributed by atoms with van der Waals surface area (Å²) >= 11 is 0. The SMILES string of the molecule is CC(C)(C)NC(=O)NC(=O)COC(=O)Cc1cccc2ccccc12. The van der Waals surface area contributed by atoms with Crippen LogP contribution in [0, 0.1) is 0 Å². The van der Waals surface area contributed by atoms with Crippen LogP contribution in [-0.2, 0) is 20.7 Å². The maximum absolute atomic E-state index is 12.0. The first kappa shape index (κ1) is 18.4. The topological polar surface area (TPSA) is 84.5 Å². The highest BCUT2D eigenvalue weighted by Crippen LogP contribution is 2.19. The summed E-state index contributed by atoms with van der Waals surface area (Å²) in [5, 5.41) is 6.71. The lowest BCUT2D eigenvalue weighted by molar-refractivity contribution is -0.147. The van der Waals surface area contributed by atoms with E-state index >= 15 is 0 Å². The largest absolute Gasteiger partial charge is 0.455 e. The van der Waals surface area contributed by atoms with Gasteiger partial charge in [0.2, 0.25) is 0 Å². The van der Waals surface area contributed by atoms with E-state index in [0.29, 0.717) is 0 Å². The summed E-state index contributed by atoms with van der Waals surface area (Å²) in [5.41, 5.74) is 0.365. The first-order chi connectivity index (χ1) is 11.7. The van der Waals surface area contributed by atoms with Gasteiger partial charge in [-0.2, -0.15) is 0 Å². The lowest BCUT2D eigenvalue weighted by Gasteiger charge is -2.20. The third-order valence-electron chi connectivity index (χ3n) is 3.32. The molecule has 0 aliphatic rings. The molecule has 2 rings (SSSR count). The molecule has 0 aliphatic carbocycles. The average molecular weight is 342 g/mol. The highest BCUT2D eigenvalue weighted by atomic mass is 16.5. The molecule has 0 spiro atoms. The smallest absolute Gasteiger partial charge is 0.321 e. The Morgan fingerprint density at radius 3 is 2.40 bits per heavy atom. The minimum absolute atomic E-state index is 0.0584. The Morgan fingerprint density at radius 1 is 1.00 bits per heavy atom. The van der Waals surface area contributed by atoms with Crippen LogP contribution in [0.1, 0.15) is 26.3 Å². The molecule has 6 nitrogen and oxygen atoms in total. The number of amides is 3. The molecular weight excluding hydrogens is 320 g/mol. The van der Waals surface area contributed by atoms with E-state index in [4.69, 9.17) is 4.74 Å². The molecule has 0 saturated carbocycles. The van der Waals surface area contributed by atoms with E-state index < -0.39 is 30.1 Å². The first-order valence-electron chi connectivity index (χ1n) is 7.99. The number of fused-ring (bicyclic) bond motifs is 1. The van der Waals surface area contributed by atoms with Crippen molar-refractivity contribution in [3.05, 3.63) is 48.0 Å². The number of esters is 1. The second kappa shape index (κ2) is 7.79. The fourth-order valence-electron chi connectivity index (χ4n) is 2.33. The summed E-state index contributed by atoms with van der Waals surface area (Å²) in [4.78, 5) is 35.2. The minimum Gasteiger partial charge on any atom is -0.455 e. The molecule has 0 saturated heterocycles. The Kier molecular flexibility index (Phi) is 5.75. The van der Waals surface area contributed by atoms with E-state index in [2.05, 4.69) is 10.6 Å². The Balaban J connectivity index is 1.86. The van der Waals surface area contributed by atoms with Crippen LogP contribution in [0.2, 0.25) is 0 Å². The van der Waals surface area contributed by atoms with Crippen LogP contribution >= 0.6 is 0 Å². The lowest BCUT2D eigenvalue weighted by atomic mass is 10.0. The van der Waals surface area contributed by atoms with Crippen molar-refractivity contribution in [1.29, 1.82) is 0 Å². The number of urea groups is 1. The molecule has 0 fully saturated rings. The zero-order valence-corrected chi connectivity index (χ0v) is 14.6. The van der Waals surface area contributed by atoms with Crippen molar-refractivity contribution in [2.75, 3.05) is 6.61 Å². The monoisotopic (exact) mass is 342 g/mol. The number of hydrogen-bond acceptors (Lipinski definition) is 4. The number of carbonyl (C=O) groups excluding carboxylic acids is 3. The van der Waals surface area contributed by atoms with Gasteiger partial charge in [-0.05, 0) is 37.1 Å². The van der Waals surface area contributed by atoms with Crippen LogP contribution in [-0.4, -0.2) is 30.1 Å². The third kappa shape index (κ3) is 5.91. The molecule has 2 aromatic rings. The van der Waals surface area contributed by atoms with Crippen molar-refractivity contribution >= 4 is 28.7 Å². The standard InChI is InChI=1S/C19H22N2O4/c1-19(2,3)21-18(24)20-16(22)12-25-17(23)11-14-9-6-8-13-7-4-5-10-15(13)14/h4-10H,11-12H2,1-3H3,(H2,20,21,22,24). The highest BCUT2D eigenvalue weighted by molar-refractivity contribution is 5.96. The zero-order chi connectivity index (χ0) is 18.4. The number of hydrogen-bond donors (Lipinski definition) is 2. The van der Waals surface area contributed by atoms with Crippen LogP contribution < -0.4 is 10.6 Å². The molecule has 132 valence electrons. The minimum atomic E-state index is -0.673. The normalized spacial score (nSPS) is 11.0. The van der Waals surface area contributed by atoms with Gasteiger partial charge >= 0.3 is 12.0 Å². The van der Waals surface area contributed by atoms with Crippen molar-refractivity contribution in [3.8, 4) is 0 Å². The van der Waals surface area contributed by atoms with E-state index in [0.717, 1.165) is 16.3 Å². The van der Waals surface area contributed by atoms with E-state index in [-0.39, 0.29) is 6.42 Å². The van der Waals surface area contributed by atoms with Gasteiger partial charge in [0.15, 0.2) is 6.61 Å². The summed E-state index contributed by atoms with van der Waals surface area (Å²) in [5.74, 6) is -1.20. The zero-order valence-electron chi connectivity index (χ0n) is 14.6. The fourth-order valence-corrected chi connectivity index (χ4v) is 2.33. The summed E-state index contributed by atoms with van der Waals surface area (Å²) in [6, 6.07) is 12.8. The van der Waals surface area contributed by atoms with Crippen molar-refractivity contribution in [2.45, 2.75) is 32.7 Å². The Morgan fingerprint density at radius 2 is 1.68 bits per heavy atom. The van der Waals surface area contributed by atoms with Crippen molar-refractivity contribution in [1.82, 2.24) is 10.6 Å². The number of carbonyl (C=O) groups is 3. The summed E-state index contributed by atoms with van der Waals surface area (Å²) in [6.45, 7) is 4.88. The molecule has 0 unspecified atom stereocenters. The predicted octanol–water partition coefficient (Wildman–Crippen LogP) is 2.55. The number of ether oxygens (including phenoxy) is 1. The fraction of sp³-hybridized carbons (Fsp3) is 0.316. The molecule has 2 aromatic carbocycles. The maximum atomic E-state index is 12.0. The van der Waals surface area contributed by atoms with Gasteiger partial charge in [-0.15, -0.1) is 0 Å². The molecule has 0 bridgehead atoms. The van der Waals surface area contributed by atoms with E-state index in [1.807, 2.05) is 42.5 Å². The molecule has 0 radical (unpaired) electrons. The van der Waals surface area contributed by atoms with E-state index in [9.17, 15) is 14.4 Å². The second-order valence-electron chi connectivity index (χ2n) is 6.73. The molecule has 0 heterocycles. The molecular formula is C19H22N2O4. The summed E-state index contributed by atoms with van der Waals surface area (Å²) < 4.78 is 4.96. The molecule has 0 aromatic heterocycles. The van der Waals surface area contributed by atoms with Gasteiger partial charge < -0.3 is 10.1 Å². The van der Waals surface area contributed by atoms with Gasteiger partial charge in [-0.3, -0.25) is 14.9 Å². The van der Waals surface area contributed by atoms with Crippen LogP contribution in [0.25, 0.3) is 10.8 Å². The summed E-state index contributed by atoms with van der Waals surface area (Å²) in [7, 11) is 0. The molecule has 6 heteroatoms. The number of rotatable bonds is 4. The Bertz CT molecular complexity index is 788. The van der Waals surface area contributed by atoms with Gasteiger partial charge in [0, 0.05) is 5.54 Å². The van der Waals surface area contributed by atoms with Gasteiger partial charge in [0.05, 0.1) is 6.42 Å². The number of benzene rings is 2. The molecule has 2 N–H and O–H groups in total. The van der Waals surface area contributed by atoms with Crippen LogP contribution in [0.15, 0.2) is 42.5 Å². The van der Waals surface area contributed by atoms with Gasteiger partial charge in [-0.1, -0.05) is 42.5 Å². The second-order valence-corrected chi connectivity index (χ2v) is 6.73. The Hall–Kier alpha value is -2.89. The first-order valence-corrected chi connectivity index (χ1v) is 7.99. The lowest BCUT2D eigenvalue weighted by Crippen LogP contribution is -2.49. The molecule has 0 atom stereocenters. The van der Waals surface area contributed by atoms with Crippen molar-refractivity contribution in [3.63, 3.8) is 0 Å². The molecule has 3 amide bonds. The van der Waals surface area contributed by atoms with Gasteiger partial charge in [0.25, 0.3) is 5.91 Å². The molecule has 25 heavy (non-hydrogen) atoms. The Labute approximate surface area is 146 Å². The van der Waals surface area contributed by atoms with E-state index in [1.165, 1.54) is 0 Å². The predicted molar refractivity (Wildman–Crippen MR) is 95.0 cm³/mol. The number of imide groups is 1. The highest BCUT2D eigenvalue weighted by Gasteiger charge is 2.16. The third-order valence-corrected chi connectivity index (χ3v) is 3.32. The quantitative estimate of drug-likeness (QED) is 0.836. The van der Waals surface area contributed by atoms with Crippen molar-refractivity contribution in [2.24, 2.45) is 0 Å². The maximum Gasteiger partial charge on any atom is 0.321 e. The summed E-state index contributed by atoms with van der Waals surface area (Å²) in [6.07, 6.45) is 0.0584. The van der Waals surface area contributed by atoms with Gasteiger partial charge in [-0.25, -0.2) is 4.79 Å². The van der Waals surface area contributed by atoms with Gasteiger partial charge in [0.1, 0.15) is 0 Å². The van der Waals surface area contributed by atoms with Crippen LogP contribution in [0.3, 0.4) is 0 Å². The van der Waals surface area contributed by atoms with Crippen LogP contribution in [0.4, 0.5) is 4.79 Å². The average Bonchev–Trinajstić information content (AvgIpc) is 2.51. The van der Waals surface area contributed by atoms with Crippen molar-refractivity contribution < 1.29 is 19.1 Å².